The molecule has 87 heavy (non-hydrogen) atoms. The predicted molar refractivity (Wildman–Crippen MR) is 347 cm³/mol. The Bertz CT molecular complexity index is 3960. The fourth-order valence-electron chi connectivity index (χ4n) is 11.1. The number of hydrogen-bond donors (Lipinski definition) is 6. The second kappa shape index (κ2) is 27.9. The number of aldehydes is 1. The number of piperazine rings is 2. The molecule has 6 N–H and O–H groups in total. The van der Waals surface area contributed by atoms with E-state index in [1.165, 1.54) is 11.4 Å². The number of aromatic nitrogens is 8. The number of nitrogens with zero attached hydrogens (tertiary/aromatic N) is 9. The van der Waals surface area contributed by atoms with Gasteiger partial charge in [-0.25, -0.2) is 19.9 Å². The summed E-state index contributed by atoms with van der Waals surface area (Å²) in [5.41, 5.74) is 13.9. The number of fused-ring (bicyclic) bond motifs is 4. The summed E-state index contributed by atoms with van der Waals surface area (Å²) in [5.74, 6) is 4.68. The number of H-pyrrole nitrogens is 4. The van der Waals surface area contributed by atoms with Crippen molar-refractivity contribution in [3.05, 3.63) is 121 Å². The maximum Gasteiger partial charge on any atom is 0.223 e. The fraction of sp³-hybridized carbons (Fsp3) is 0.358. The van der Waals surface area contributed by atoms with Crippen molar-refractivity contribution in [3.63, 3.8) is 0 Å². The molecular formula is C67H79N15O5. The largest absolute Gasteiger partial charge is 0.494 e. The van der Waals surface area contributed by atoms with Crippen LogP contribution in [0.2, 0.25) is 0 Å². The number of rotatable bonds is 23. The van der Waals surface area contributed by atoms with Gasteiger partial charge in [-0.3, -0.25) is 9.59 Å². The summed E-state index contributed by atoms with van der Waals surface area (Å²) < 4.78 is 11.9. The highest BCUT2D eigenvalue weighted by Crippen LogP contribution is 2.32. The Labute approximate surface area is 507 Å². The van der Waals surface area contributed by atoms with Gasteiger partial charge in [-0.2, -0.15) is 0 Å². The topological polar surface area (TPSA) is 225 Å². The van der Waals surface area contributed by atoms with Crippen LogP contribution in [-0.4, -0.2) is 185 Å². The van der Waals surface area contributed by atoms with E-state index in [2.05, 4.69) is 119 Å². The zero-order chi connectivity index (χ0) is 60.2. The number of imidazole rings is 4. The number of likely N-dealkylation sites (N-methyl/N-ethyl adjacent to an activating group) is 3. The molecule has 2 saturated heterocycles. The standard InChI is InChI=1S/C35H41N7O3.C32H38N8O2/c1-4-14-42(24(2)23-43)33(44)9-6-19-45-28-8-5-7-25(20-28)34-36-29-12-10-26(21-31(29)38-34)35-37-30-13-11-27(22-32(30)39-35)41-17-15-40(3)16-18-41;1-33-12-13-34-30(41)7-4-18-42-25-6-3-5-22(19-25)31-35-26-10-8-23(20-28(26)37-31)32-36-27-11-9-24(21-29(27)38-32)40-16-14-39(2)15-17-40/h5,7-8,10-13,20-24H,4,6,9,14-19H2,1-3H3,(H,36,38)(H,37,39);3,5-6,8-11,19-21,33H,4,7,12-18H2,1-2H3,(H,34,41)(H,35,37)(H,36,38)/t24-;/m1./s1. The number of benzene rings is 6. The van der Waals surface area contributed by atoms with Crippen LogP contribution in [0.5, 0.6) is 11.5 Å². The molecule has 0 aliphatic carbocycles. The molecule has 0 saturated carbocycles. The van der Waals surface area contributed by atoms with Gasteiger partial charge in [0, 0.05) is 118 Å². The van der Waals surface area contributed by atoms with Crippen molar-refractivity contribution < 1.29 is 23.9 Å². The molecular weight excluding hydrogens is 1090 g/mol. The quantitative estimate of drug-likeness (QED) is 0.0259. The van der Waals surface area contributed by atoms with Crippen LogP contribution in [0.3, 0.4) is 0 Å². The number of aromatic amines is 4. The third kappa shape index (κ3) is 14.8. The van der Waals surface area contributed by atoms with Crippen molar-refractivity contribution in [2.75, 3.05) is 116 Å². The van der Waals surface area contributed by atoms with Crippen LogP contribution in [0.25, 0.3) is 89.7 Å². The second-order valence-electron chi connectivity index (χ2n) is 22.7. The molecule has 0 unspecified atom stereocenters. The van der Waals surface area contributed by atoms with Crippen molar-refractivity contribution in [3.8, 4) is 57.1 Å². The lowest BCUT2D eigenvalue weighted by Gasteiger charge is -2.34. The van der Waals surface area contributed by atoms with Gasteiger partial charge in [0.2, 0.25) is 11.8 Å². The maximum atomic E-state index is 12.6. The zero-order valence-corrected chi connectivity index (χ0v) is 50.5. The SMILES string of the molecule is CCCN(C(=O)CCCOc1cccc(-c2nc3ccc(-c4nc5ccc(N6CCN(C)CC6)cc5[nH]4)cc3[nH]2)c1)[C@H](C)C=O.CNCCNC(=O)CCCOc1cccc(-c2nc3ccc(-c4nc5ccc(N6CCN(C)CC6)cc5[nH]4)cc3[nH]2)c1. The second-order valence-corrected chi connectivity index (χ2v) is 22.7. The smallest absolute Gasteiger partial charge is 0.223 e. The van der Waals surface area contributed by atoms with E-state index in [0.29, 0.717) is 57.7 Å². The van der Waals surface area contributed by atoms with Crippen LogP contribution >= 0.6 is 0 Å². The van der Waals surface area contributed by atoms with Crippen molar-refractivity contribution in [1.29, 1.82) is 0 Å². The molecule has 452 valence electrons. The van der Waals surface area contributed by atoms with Gasteiger partial charge in [0.05, 0.1) is 63.4 Å². The van der Waals surface area contributed by atoms with E-state index < -0.39 is 6.04 Å². The highest BCUT2D eigenvalue weighted by Gasteiger charge is 2.21. The monoisotopic (exact) mass is 1170 g/mol. The number of carbonyl (C=O) groups excluding carboxylic acids is 3. The molecule has 12 rings (SSSR count). The third-order valence-corrected chi connectivity index (χ3v) is 16.2. The molecule has 10 aromatic rings. The normalized spacial score (nSPS) is 14.4. The van der Waals surface area contributed by atoms with Crippen molar-refractivity contribution in [2.45, 2.75) is 52.0 Å². The summed E-state index contributed by atoms with van der Waals surface area (Å²) in [7, 11) is 6.21. The van der Waals surface area contributed by atoms with Gasteiger partial charge in [0.15, 0.2) is 0 Å². The predicted octanol–water partition coefficient (Wildman–Crippen LogP) is 9.53. The van der Waals surface area contributed by atoms with Crippen LogP contribution in [0.1, 0.15) is 46.0 Å². The Kier molecular flexibility index (Phi) is 19.1. The van der Waals surface area contributed by atoms with E-state index in [9.17, 15) is 14.4 Å². The van der Waals surface area contributed by atoms with Crippen LogP contribution in [0, 0.1) is 0 Å². The molecule has 2 fully saturated rings. The molecule has 6 heterocycles. The minimum Gasteiger partial charge on any atom is -0.494 e. The lowest BCUT2D eigenvalue weighted by molar-refractivity contribution is -0.136. The summed E-state index contributed by atoms with van der Waals surface area (Å²) in [5, 5.41) is 5.90. The molecule has 2 aliphatic rings. The number of anilines is 2. The minimum absolute atomic E-state index is 0.0199. The molecule has 4 aromatic heterocycles. The highest BCUT2D eigenvalue weighted by molar-refractivity contribution is 5.89. The first-order valence-electron chi connectivity index (χ1n) is 30.5. The summed E-state index contributed by atoms with van der Waals surface area (Å²) >= 11 is 0. The van der Waals surface area contributed by atoms with Gasteiger partial charge in [0.25, 0.3) is 0 Å². The summed E-state index contributed by atoms with van der Waals surface area (Å²) in [6.07, 6.45) is 3.64. The number of amides is 2. The van der Waals surface area contributed by atoms with Gasteiger partial charge in [-0.1, -0.05) is 31.2 Å². The van der Waals surface area contributed by atoms with Crippen LogP contribution in [-0.2, 0) is 14.4 Å². The van der Waals surface area contributed by atoms with E-state index in [1.54, 1.807) is 11.8 Å². The Morgan fingerprint density at radius 3 is 1.43 bits per heavy atom. The van der Waals surface area contributed by atoms with Crippen molar-refractivity contribution in [1.82, 2.24) is 65.2 Å². The first-order valence-corrected chi connectivity index (χ1v) is 30.5. The highest BCUT2D eigenvalue weighted by atomic mass is 16.5. The van der Waals surface area contributed by atoms with Gasteiger partial charge in [0.1, 0.15) is 41.1 Å². The van der Waals surface area contributed by atoms with Gasteiger partial charge >= 0.3 is 0 Å². The average Bonchev–Trinajstić information content (AvgIpc) is 2.27. The molecule has 2 amide bonds. The number of hydrogen-bond acceptors (Lipinski definition) is 14. The molecule has 6 aromatic carbocycles. The first kappa shape index (κ1) is 59.6. The molecule has 0 radical (unpaired) electrons. The van der Waals surface area contributed by atoms with Gasteiger partial charge in [-0.15, -0.1) is 0 Å². The Hall–Kier alpha value is -9.11. The summed E-state index contributed by atoms with van der Waals surface area (Å²) in [6.45, 7) is 15.0. The van der Waals surface area contributed by atoms with E-state index >= 15 is 0 Å². The number of nitrogens with one attached hydrogen (secondary N) is 6. The molecule has 1 atom stereocenters. The Morgan fingerprint density at radius 1 is 0.563 bits per heavy atom. The van der Waals surface area contributed by atoms with Crippen LogP contribution < -0.4 is 29.9 Å². The van der Waals surface area contributed by atoms with Crippen LogP contribution in [0.15, 0.2) is 121 Å². The number of carbonyl (C=O) groups is 3. The van der Waals surface area contributed by atoms with E-state index in [1.807, 2.05) is 80.7 Å². The maximum absolute atomic E-state index is 12.6. The van der Waals surface area contributed by atoms with Crippen molar-refractivity contribution >= 4 is 73.6 Å². The van der Waals surface area contributed by atoms with E-state index in [-0.39, 0.29) is 11.8 Å². The fourth-order valence-corrected chi connectivity index (χ4v) is 11.1. The third-order valence-electron chi connectivity index (χ3n) is 16.2. The lowest BCUT2D eigenvalue weighted by atomic mass is 10.2. The van der Waals surface area contributed by atoms with Crippen molar-refractivity contribution in [2.24, 2.45) is 0 Å². The molecule has 20 nitrogen and oxygen atoms in total. The molecule has 0 spiro atoms. The zero-order valence-electron chi connectivity index (χ0n) is 50.5. The molecule has 20 heteroatoms. The summed E-state index contributed by atoms with van der Waals surface area (Å²) in [6, 6.07) is 40.5. The van der Waals surface area contributed by atoms with E-state index in [0.717, 1.165) is 167 Å². The molecule has 2 aliphatic heterocycles. The van der Waals surface area contributed by atoms with E-state index in [4.69, 9.17) is 29.4 Å². The van der Waals surface area contributed by atoms with Gasteiger partial charge in [-0.05, 0) is 144 Å². The van der Waals surface area contributed by atoms with Gasteiger partial charge < -0.3 is 69.3 Å². The number of ether oxygens (including phenoxy) is 2. The summed E-state index contributed by atoms with van der Waals surface area (Å²) in [4.78, 5) is 80.3. The minimum atomic E-state index is -0.408. The first-order chi connectivity index (χ1) is 42.5. The molecule has 0 bridgehead atoms. The van der Waals surface area contributed by atoms with Crippen LogP contribution in [0.4, 0.5) is 11.4 Å². The Morgan fingerprint density at radius 2 is 0.989 bits per heavy atom. The Balaban J connectivity index is 0.000000181. The average molecular weight is 1170 g/mol. The lowest BCUT2D eigenvalue weighted by Crippen LogP contribution is -2.44.